The monoisotopic (exact) mass is 421 g/mol. The number of nitrogens with zero attached hydrogens (tertiary/aromatic N) is 2. The highest BCUT2D eigenvalue weighted by Crippen LogP contribution is 2.49. The van der Waals surface area contributed by atoms with Crippen LogP contribution in [0.2, 0.25) is 0 Å². The summed E-state index contributed by atoms with van der Waals surface area (Å²) in [7, 11) is 1.87. The van der Waals surface area contributed by atoms with E-state index in [0.717, 1.165) is 51.6 Å². The Balaban J connectivity index is 1.38. The van der Waals surface area contributed by atoms with Crippen LogP contribution in [0.25, 0.3) is 0 Å². The number of benzene rings is 1. The summed E-state index contributed by atoms with van der Waals surface area (Å²) in [5.74, 6) is 0.981. The van der Waals surface area contributed by atoms with Gasteiger partial charge >= 0.3 is 0 Å². The third-order valence-electron chi connectivity index (χ3n) is 5.87. The van der Waals surface area contributed by atoms with Gasteiger partial charge in [-0.3, -0.25) is 4.99 Å². The molecule has 2 heterocycles. The van der Waals surface area contributed by atoms with Crippen molar-refractivity contribution >= 4 is 21.9 Å². The molecule has 26 heavy (non-hydrogen) atoms. The van der Waals surface area contributed by atoms with Gasteiger partial charge in [0.05, 0.1) is 12.7 Å². The molecule has 5 nitrogen and oxygen atoms in total. The molecular weight excluding hydrogens is 394 g/mol. The van der Waals surface area contributed by atoms with E-state index in [-0.39, 0.29) is 17.6 Å². The molecule has 2 saturated heterocycles. The van der Waals surface area contributed by atoms with Crippen molar-refractivity contribution in [1.82, 2.24) is 10.2 Å². The molecular formula is C20H28BrN3O2. The maximum atomic E-state index is 5.97. The third kappa shape index (κ3) is 3.78. The van der Waals surface area contributed by atoms with Gasteiger partial charge in [0.1, 0.15) is 6.10 Å². The Morgan fingerprint density at radius 3 is 2.77 bits per heavy atom. The molecule has 142 valence electrons. The molecule has 2 unspecified atom stereocenters. The molecule has 3 fully saturated rings. The first kappa shape index (κ1) is 18.3. The maximum absolute atomic E-state index is 5.97. The second kappa shape index (κ2) is 7.87. The largest absolute Gasteiger partial charge is 0.375 e. The average molecular weight is 422 g/mol. The molecule has 0 spiro atoms. The van der Waals surface area contributed by atoms with E-state index in [1.165, 1.54) is 22.9 Å². The first-order valence-corrected chi connectivity index (χ1v) is 10.4. The summed E-state index contributed by atoms with van der Waals surface area (Å²) in [6.45, 7) is 4.26. The average Bonchev–Trinajstić information content (AvgIpc) is 3.25. The zero-order valence-corrected chi connectivity index (χ0v) is 17.0. The summed E-state index contributed by atoms with van der Waals surface area (Å²) in [6, 6.07) is 8.58. The van der Waals surface area contributed by atoms with Crippen molar-refractivity contribution < 1.29 is 9.47 Å². The molecule has 1 saturated carbocycles. The third-order valence-corrected chi connectivity index (χ3v) is 6.56. The van der Waals surface area contributed by atoms with Crippen molar-refractivity contribution in [2.45, 2.75) is 43.3 Å². The zero-order chi connectivity index (χ0) is 18.0. The molecule has 6 heteroatoms. The molecule has 4 rings (SSSR count). The Bertz CT molecular complexity index is 656. The number of ether oxygens (including phenoxy) is 2. The van der Waals surface area contributed by atoms with Crippen molar-refractivity contribution in [3.63, 3.8) is 0 Å². The number of guanidine groups is 1. The van der Waals surface area contributed by atoms with Crippen LogP contribution >= 0.6 is 15.9 Å². The van der Waals surface area contributed by atoms with Crippen LogP contribution in [0.4, 0.5) is 0 Å². The Hall–Kier alpha value is -1.11. The second-order valence-electron chi connectivity index (χ2n) is 7.57. The van der Waals surface area contributed by atoms with E-state index >= 15 is 0 Å². The molecule has 2 aliphatic heterocycles. The number of nitrogens with one attached hydrogen (secondary N) is 1. The number of rotatable bonds is 4. The number of aliphatic imine (C=N–C) groups is 1. The van der Waals surface area contributed by atoms with Crippen LogP contribution < -0.4 is 5.32 Å². The van der Waals surface area contributed by atoms with E-state index in [9.17, 15) is 0 Å². The molecule has 2 atom stereocenters. The van der Waals surface area contributed by atoms with Crippen LogP contribution in [0.15, 0.2) is 33.7 Å². The summed E-state index contributed by atoms with van der Waals surface area (Å²) in [5.41, 5.74) is 1.64. The fraction of sp³-hybridized carbons (Fsp3) is 0.650. The normalized spacial score (nSPS) is 28.2. The number of morpholine rings is 1. The lowest BCUT2D eigenvalue weighted by Crippen LogP contribution is -2.54. The van der Waals surface area contributed by atoms with Gasteiger partial charge in [0.25, 0.3) is 0 Å². The van der Waals surface area contributed by atoms with Crippen molar-refractivity contribution in [2.75, 3.05) is 39.9 Å². The van der Waals surface area contributed by atoms with Gasteiger partial charge in [-0.15, -0.1) is 0 Å². The first-order valence-electron chi connectivity index (χ1n) is 9.66. The van der Waals surface area contributed by atoms with Crippen LogP contribution in [0, 0.1) is 0 Å². The highest BCUT2D eigenvalue weighted by molar-refractivity contribution is 9.10. The lowest BCUT2D eigenvalue weighted by atomic mass is 9.96. The highest BCUT2D eigenvalue weighted by atomic mass is 79.9. The van der Waals surface area contributed by atoms with Gasteiger partial charge in [-0.25, -0.2) is 0 Å². The van der Waals surface area contributed by atoms with Crippen molar-refractivity contribution in [2.24, 2.45) is 4.99 Å². The molecule has 0 radical (unpaired) electrons. The summed E-state index contributed by atoms with van der Waals surface area (Å²) in [4.78, 5) is 6.87. The molecule has 1 aromatic carbocycles. The van der Waals surface area contributed by atoms with Gasteiger partial charge in [-0.1, -0.05) is 34.1 Å². The highest BCUT2D eigenvalue weighted by Gasteiger charge is 2.45. The van der Waals surface area contributed by atoms with Crippen LogP contribution in [0.3, 0.4) is 0 Å². The molecule has 1 aromatic rings. The predicted octanol–water partition coefficient (Wildman–Crippen LogP) is 2.94. The van der Waals surface area contributed by atoms with Crippen LogP contribution in [0.5, 0.6) is 0 Å². The lowest BCUT2D eigenvalue weighted by Gasteiger charge is -2.37. The maximum Gasteiger partial charge on any atom is 0.193 e. The fourth-order valence-electron chi connectivity index (χ4n) is 4.15. The van der Waals surface area contributed by atoms with Crippen LogP contribution in [-0.4, -0.2) is 63.0 Å². The molecule has 1 N–H and O–H groups in total. The van der Waals surface area contributed by atoms with Gasteiger partial charge in [-0.2, -0.15) is 0 Å². The van der Waals surface area contributed by atoms with Gasteiger partial charge in [0, 0.05) is 43.2 Å². The lowest BCUT2D eigenvalue weighted by molar-refractivity contribution is -0.0817. The SMILES string of the molecule is CN=C(NCC1(c2ccccc2Br)CC1)N1CCOC(C2CCCO2)C1. The van der Waals surface area contributed by atoms with Crippen molar-refractivity contribution in [3.8, 4) is 0 Å². The summed E-state index contributed by atoms with van der Waals surface area (Å²) < 4.78 is 13.0. The quantitative estimate of drug-likeness (QED) is 0.599. The van der Waals surface area contributed by atoms with E-state index in [4.69, 9.17) is 9.47 Å². The van der Waals surface area contributed by atoms with Gasteiger partial charge < -0.3 is 19.7 Å². The Morgan fingerprint density at radius 2 is 2.08 bits per heavy atom. The van der Waals surface area contributed by atoms with Crippen LogP contribution in [-0.2, 0) is 14.9 Å². The molecule has 0 aromatic heterocycles. The van der Waals surface area contributed by atoms with Gasteiger partial charge in [-0.05, 0) is 37.3 Å². The zero-order valence-electron chi connectivity index (χ0n) is 15.4. The summed E-state index contributed by atoms with van der Waals surface area (Å²) >= 11 is 3.72. The second-order valence-corrected chi connectivity index (χ2v) is 8.42. The molecule has 1 aliphatic carbocycles. The van der Waals surface area contributed by atoms with Crippen molar-refractivity contribution in [1.29, 1.82) is 0 Å². The molecule has 0 bridgehead atoms. The van der Waals surface area contributed by atoms with E-state index in [2.05, 4.69) is 55.4 Å². The smallest absolute Gasteiger partial charge is 0.193 e. The predicted molar refractivity (Wildman–Crippen MR) is 107 cm³/mol. The van der Waals surface area contributed by atoms with Gasteiger partial charge in [0.15, 0.2) is 5.96 Å². The Labute approximate surface area is 164 Å². The summed E-state index contributed by atoms with van der Waals surface area (Å²) in [6.07, 6.45) is 5.10. The minimum Gasteiger partial charge on any atom is -0.375 e. The fourth-order valence-corrected chi connectivity index (χ4v) is 4.86. The van der Waals surface area contributed by atoms with Gasteiger partial charge in [0.2, 0.25) is 0 Å². The minimum atomic E-state index is 0.156. The van der Waals surface area contributed by atoms with Crippen LogP contribution in [0.1, 0.15) is 31.2 Å². The number of halogens is 1. The number of hydrogen-bond acceptors (Lipinski definition) is 3. The molecule has 0 amide bonds. The summed E-state index contributed by atoms with van der Waals surface area (Å²) in [5, 5.41) is 3.64. The first-order chi connectivity index (χ1) is 12.7. The standard InChI is InChI=1S/C20H28BrN3O2/c1-22-19(24-10-12-26-18(13-24)17-7-4-11-25-17)23-14-20(8-9-20)15-5-2-3-6-16(15)21/h2-3,5-6,17-18H,4,7-14H2,1H3,(H,22,23). The van der Waals surface area contributed by atoms with Crippen molar-refractivity contribution in [3.05, 3.63) is 34.3 Å². The van der Waals surface area contributed by atoms with E-state index < -0.39 is 0 Å². The van der Waals surface area contributed by atoms with E-state index in [1.807, 2.05) is 7.05 Å². The Kier molecular flexibility index (Phi) is 5.53. The van der Waals surface area contributed by atoms with E-state index in [0.29, 0.717) is 0 Å². The molecule has 3 aliphatic rings. The minimum absolute atomic E-state index is 0.156. The Morgan fingerprint density at radius 1 is 1.27 bits per heavy atom. The van der Waals surface area contributed by atoms with E-state index in [1.54, 1.807) is 0 Å². The topological polar surface area (TPSA) is 46.1 Å². The number of hydrogen-bond donors (Lipinski definition) is 1.